The van der Waals surface area contributed by atoms with Gasteiger partial charge in [0.2, 0.25) is 0 Å². The largest absolute Gasteiger partial charge is 0.301 e. The van der Waals surface area contributed by atoms with Crippen molar-refractivity contribution in [3.05, 3.63) is 39.0 Å². The van der Waals surface area contributed by atoms with E-state index in [0.717, 1.165) is 6.42 Å². The SMILES string of the molecule is CCC(NC(C)c1ccsc1)c1nccs1. The summed E-state index contributed by atoms with van der Waals surface area (Å²) in [5.74, 6) is 0. The van der Waals surface area contributed by atoms with E-state index in [9.17, 15) is 0 Å². The van der Waals surface area contributed by atoms with Crippen LogP contribution in [0, 0.1) is 0 Å². The molecule has 4 heteroatoms. The van der Waals surface area contributed by atoms with Crippen LogP contribution in [0.2, 0.25) is 0 Å². The minimum atomic E-state index is 0.370. The summed E-state index contributed by atoms with van der Waals surface area (Å²) in [5, 5.41) is 11.2. The fourth-order valence-electron chi connectivity index (χ4n) is 1.69. The molecular formula is C12H16N2S2. The van der Waals surface area contributed by atoms with E-state index in [-0.39, 0.29) is 0 Å². The van der Waals surface area contributed by atoms with Crippen LogP contribution < -0.4 is 5.32 Å². The van der Waals surface area contributed by atoms with Gasteiger partial charge in [-0.3, -0.25) is 0 Å². The maximum absolute atomic E-state index is 4.38. The van der Waals surface area contributed by atoms with Gasteiger partial charge in [0.1, 0.15) is 5.01 Å². The second-order valence-electron chi connectivity index (χ2n) is 3.78. The van der Waals surface area contributed by atoms with Crippen LogP contribution in [-0.2, 0) is 0 Å². The topological polar surface area (TPSA) is 24.9 Å². The van der Waals surface area contributed by atoms with E-state index in [4.69, 9.17) is 0 Å². The number of thiophene rings is 1. The third kappa shape index (κ3) is 2.70. The molecule has 0 spiro atoms. The molecule has 2 atom stereocenters. The van der Waals surface area contributed by atoms with Gasteiger partial charge in [-0.1, -0.05) is 6.92 Å². The summed E-state index contributed by atoms with van der Waals surface area (Å²) in [5.41, 5.74) is 1.36. The number of aromatic nitrogens is 1. The van der Waals surface area contributed by atoms with E-state index >= 15 is 0 Å². The third-order valence-electron chi connectivity index (χ3n) is 2.65. The van der Waals surface area contributed by atoms with Crippen molar-refractivity contribution in [3.63, 3.8) is 0 Å². The predicted octanol–water partition coefficient (Wildman–Crippen LogP) is 4.01. The molecule has 2 aromatic rings. The van der Waals surface area contributed by atoms with Crippen molar-refractivity contribution in [1.82, 2.24) is 10.3 Å². The van der Waals surface area contributed by atoms with Gasteiger partial charge in [0.25, 0.3) is 0 Å². The summed E-state index contributed by atoms with van der Waals surface area (Å²) >= 11 is 3.47. The lowest BCUT2D eigenvalue weighted by molar-refractivity contribution is 0.455. The Hall–Kier alpha value is -0.710. The highest BCUT2D eigenvalue weighted by Gasteiger charge is 2.15. The normalized spacial score (nSPS) is 14.9. The number of hydrogen-bond acceptors (Lipinski definition) is 4. The number of nitrogens with one attached hydrogen (secondary N) is 1. The van der Waals surface area contributed by atoms with Crippen molar-refractivity contribution in [1.29, 1.82) is 0 Å². The lowest BCUT2D eigenvalue weighted by Gasteiger charge is -2.19. The summed E-state index contributed by atoms with van der Waals surface area (Å²) < 4.78 is 0. The monoisotopic (exact) mass is 252 g/mol. The zero-order valence-electron chi connectivity index (χ0n) is 9.51. The van der Waals surface area contributed by atoms with Gasteiger partial charge in [-0.25, -0.2) is 4.98 Å². The Bertz CT molecular complexity index is 395. The molecule has 2 unspecified atom stereocenters. The van der Waals surface area contributed by atoms with E-state index in [2.05, 4.69) is 41.0 Å². The number of rotatable bonds is 5. The Morgan fingerprint density at radius 1 is 1.44 bits per heavy atom. The van der Waals surface area contributed by atoms with E-state index in [1.807, 2.05) is 11.6 Å². The van der Waals surface area contributed by atoms with Crippen LogP contribution in [0.1, 0.15) is 42.9 Å². The summed E-state index contributed by atoms with van der Waals surface area (Å²) in [6.45, 7) is 4.40. The zero-order valence-corrected chi connectivity index (χ0v) is 11.1. The van der Waals surface area contributed by atoms with E-state index < -0.39 is 0 Å². The van der Waals surface area contributed by atoms with E-state index in [0.29, 0.717) is 12.1 Å². The van der Waals surface area contributed by atoms with Gasteiger partial charge in [0.05, 0.1) is 6.04 Å². The average Bonchev–Trinajstić information content (AvgIpc) is 2.96. The molecule has 16 heavy (non-hydrogen) atoms. The summed E-state index contributed by atoms with van der Waals surface area (Å²) in [7, 11) is 0. The highest BCUT2D eigenvalue weighted by molar-refractivity contribution is 7.09. The van der Waals surface area contributed by atoms with Crippen LogP contribution in [0.15, 0.2) is 28.4 Å². The van der Waals surface area contributed by atoms with Crippen molar-refractivity contribution in [2.75, 3.05) is 0 Å². The van der Waals surface area contributed by atoms with Gasteiger partial charge >= 0.3 is 0 Å². The highest BCUT2D eigenvalue weighted by Crippen LogP contribution is 2.24. The molecule has 2 nitrogen and oxygen atoms in total. The van der Waals surface area contributed by atoms with Crippen molar-refractivity contribution in [3.8, 4) is 0 Å². The molecule has 0 aliphatic rings. The fourth-order valence-corrected chi connectivity index (χ4v) is 3.23. The standard InChI is InChI=1S/C12H16N2S2/c1-3-11(12-13-5-7-16-12)14-9(2)10-4-6-15-8-10/h4-9,11,14H,3H2,1-2H3. The molecule has 86 valence electrons. The van der Waals surface area contributed by atoms with Crippen LogP contribution in [0.5, 0.6) is 0 Å². The fraction of sp³-hybridized carbons (Fsp3) is 0.417. The molecule has 0 saturated heterocycles. The summed E-state index contributed by atoms with van der Waals surface area (Å²) in [4.78, 5) is 4.38. The molecule has 2 heterocycles. The van der Waals surface area contributed by atoms with Crippen LogP contribution >= 0.6 is 22.7 Å². The lowest BCUT2D eigenvalue weighted by atomic mass is 10.1. The Morgan fingerprint density at radius 2 is 2.31 bits per heavy atom. The van der Waals surface area contributed by atoms with Gasteiger partial charge in [-0.05, 0) is 35.7 Å². The van der Waals surface area contributed by atoms with Crippen molar-refractivity contribution in [2.24, 2.45) is 0 Å². The van der Waals surface area contributed by atoms with Gasteiger partial charge in [-0.15, -0.1) is 11.3 Å². The first kappa shape index (κ1) is 11.8. The molecule has 2 rings (SSSR count). The van der Waals surface area contributed by atoms with E-state index in [1.165, 1.54) is 10.6 Å². The first-order chi connectivity index (χ1) is 7.81. The van der Waals surface area contributed by atoms with Crippen molar-refractivity contribution < 1.29 is 0 Å². The smallest absolute Gasteiger partial charge is 0.109 e. The average molecular weight is 252 g/mol. The molecule has 0 radical (unpaired) electrons. The van der Waals surface area contributed by atoms with Crippen molar-refractivity contribution >= 4 is 22.7 Å². The molecule has 0 aliphatic carbocycles. The molecule has 1 N–H and O–H groups in total. The van der Waals surface area contributed by atoms with Crippen molar-refractivity contribution in [2.45, 2.75) is 32.4 Å². The number of nitrogens with zero attached hydrogens (tertiary/aromatic N) is 1. The van der Waals surface area contributed by atoms with Gasteiger partial charge < -0.3 is 5.32 Å². The quantitative estimate of drug-likeness (QED) is 0.869. The molecular weight excluding hydrogens is 236 g/mol. The Kier molecular flexibility index (Phi) is 4.09. The zero-order chi connectivity index (χ0) is 11.4. The molecule has 0 fully saturated rings. The summed E-state index contributed by atoms with van der Waals surface area (Å²) in [6, 6.07) is 2.94. The van der Waals surface area contributed by atoms with Crippen LogP contribution in [0.4, 0.5) is 0 Å². The first-order valence-corrected chi connectivity index (χ1v) is 7.31. The third-order valence-corrected chi connectivity index (χ3v) is 4.24. The molecule has 0 aliphatic heterocycles. The predicted molar refractivity (Wildman–Crippen MR) is 71.0 cm³/mol. The Labute approximate surface area is 104 Å². The van der Waals surface area contributed by atoms with E-state index in [1.54, 1.807) is 22.7 Å². The lowest BCUT2D eigenvalue weighted by Crippen LogP contribution is -2.23. The second kappa shape index (κ2) is 5.57. The van der Waals surface area contributed by atoms with Gasteiger partial charge in [-0.2, -0.15) is 11.3 Å². The Morgan fingerprint density at radius 3 is 2.88 bits per heavy atom. The summed E-state index contributed by atoms with van der Waals surface area (Å²) in [6.07, 6.45) is 2.95. The van der Waals surface area contributed by atoms with Crippen LogP contribution in [-0.4, -0.2) is 4.98 Å². The molecule has 0 amide bonds. The Balaban J connectivity index is 2.02. The number of thiazole rings is 1. The highest BCUT2D eigenvalue weighted by atomic mass is 32.1. The van der Waals surface area contributed by atoms with Crippen LogP contribution in [0.3, 0.4) is 0 Å². The first-order valence-electron chi connectivity index (χ1n) is 5.48. The second-order valence-corrected chi connectivity index (χ2v) is 5.48. The molecule has 2 aromatic heterocycles. The van der Waals surface area contributed by atoms with Gasteiger partial charge in [0, 0.05) is 17.6 Å². The number of hydrogen-bond donors (Lipinski definition) is 1. The maximum Gasteiger partial charge on any atom is 0.109 e. The van der Waals surface area contributed by atoms with Gasteiger partial charge in [0.15, 0.2) is 0 Å². The maximum atomic E-state index is 4.38. The minimum Gasteiger partial charge on any atom is -0.301 e. The molecule has 0 aromatic carbocycles. The molecule has 0 saturated carbocycles. The minimum absolute atomic E-state index is 0.370. The molecule has 0 bridgehead atoms. The van der Waals surface area contributed by atoms with Crippen LogP contribution in [0.25, 0.3) is 0 Å².